The van der Waals surface area contributed by atoms with Gasteiger partial charge in [-0.25, -0.2) is 9.97 Å². The predicted molar refractivity (Wildman–Crippen MR) is 148 cm³/mol. The minimum atomic E-state index is -0.0231. The van der Waals surface area contributed by atoms with E-state index in [1.54, 1.807) is 6.07 Å². The van der Waals surface area contributed by atoms with Gasteiger partial charge in [0, 0.05) is 33.8 Å². The molecule has 4 nitrogen and oxygen atoms in total. The highest BCUT2D eigenvalue weighted by Gasteiger charge is 2.17. The summed E-state index contributed by atoms with van der Waals surface area (Å²) in [5.74, 6) is 0.234. The third-order valence-corrected chi connectivity index (χ3v) is 6.72. The number of benzene rings is 3. The van der Waals surface area contributed by atoms with Crippen LogP contribution in [0.4, 0.5) is 0 Å². The molecule has 0 aliphatic carbocycles. The topological polar surface area (TPSA) is 50.9 Å². The van der Waals surface area contributed by atoms with Gasteiger partial charge < -0.3 is 5.11 Å². The number of rotatable bonds is 3. The molecular weight excluding hydrogens is 442 g/mol. The molecule has 0 atom stereocenters. The summed E-state index contributed by atoms with van der Waals surface area (Å²) in [5.41, 5.74) is 7.56. The first kappa shape index (κ1) is 22.1. The van der Waals surface area contributed by atoms with Gasteiger partial charge in [-0.2, -0.15) is 0 Å². The highest BCUT2D eigenvalue weighted by atomic mass is 16.3. The van der Waals surface area contributed by atoms with Gasteiger partial charge in [0.15, 0.2) is 0 Å². The molecule has 0 aliphatic heterocycles. The Labute approximate surface area is 210 Å². The third kappa shape index (κ3) is 3.72. The fourth-order valence-electron chi connectivity index (χ4n) is 4.81. The standard InChI is InChI=1S/C32H27N3O/c1-32(2,3)22-16-17-30(36)26(20-22)28-14-7-13-27(34-28)21-9-6-10-23(19-21)35-29-15-5-4-11-24(29)25-12-8-18-33-31(25)35/h4-20,36H,1-3H3. The molecule has 6 aromatic rings. The number of phenolic OH excluding ortho intramolecular Hbond substituents is 1. The fourth-order valence-corrected chi connectivity index (χ4v) is 4.81. The van der Waals surface area contributed by atoms with E-state index in [2.05, 4.69) is 79.9 Å². The number of fused-ring (bicyclic) bond motifs is 3. The summed E-state index contributed by atoms with van der Waals surface area (Å²) in [4.78, 5) is 9.67. The number of aromatic nitrogens is 3. The van der Waals surface area contributed by atoms with Crippen molar-refractivity contribution in [3.05, 3.63) is 109 Å². The number of para-hydroxylation sites is 1. The number of phenols is 1. The normalized spacial score (nSPS) is 11.9. The van der Waals surface area contributed by atoms with Crippen LogP contribution in [0.2, 0.25) is 0 Å². The Balaban J connectivity index is 1.48. The maximum atomic E-state index is 10.6. The van der Waals surface area contributed by atoms with E-state index in [1.165, 1.54) is 5.39 Å². The van der Waals surface area contributed by atoms with E-state index < -0.39 is 0 Å². The molecule has 0 saturated carbocycles. The zero-order valence-corrected chi connectivity index (χ0v) is 20.6. The second-order valence-corrected chi connectivity index (χ2v) is 10.2. The Morgan fingerprint density at radius 1 is 0.722 bits per heavy atom. The van der Waals surface area contributed by atoms with Crippen LogP contribution < -0.4 is 0 Å². The van der Waals surface area contributed by atoms with Crippen molar-refractivity contribution in [3.8, 4) is 34.0 Å². The quantitative estimate of drug-likeness (QED) is 0.286. The predicted octanol–water partition coefficient (Wildman–Crippen LogP) is 7.91. The number of aromatic hydroxyl groups is 1. The Bertz CT molecular complexity index is 1690. The first-order valence-electron chi connectivity index (χ1n) is 12.2. The summed E-state index contributed by atoms with van der Waals surface area (Å²) >= 11 is 0. The van der Waals surface area contributed by atoms with Gasteiger partial charge >= 0.3 is 0 Å². The first-order valence-corrected chi connectivity index (χ1v) is 12.2. The van der Waals surface area contributed by atoms with Gasteiger partial charge in [-0.1, -0.05) is 63.2 Å². The van der Waals surface area contributed by atoms with E-state index in [1.807, 2.05) is 42.6 Å². The molecule has 0 amide bonds. The molecule has 3 aromatic carbocycles. The van der Waals surface area contributed by atoms with Crippen LogP contribution in [0.5, 0.6) is 5.75 Å². The first-order chi connectivity index (χ1) is 17.4. The van der Waals surface area contributed by atoms with Crippen molar-refractivity contribution in [2.45, 2.75) is 26.2 Å². The largest absolute Gasteiger partial charge is 0.507 e. The monoisotopic (exact) mass is 469 g/mol. The van der Waals surface area contributed by atoms with Crippen LogP contribution in [-0.2, 0) is 5.41 Å². The Morgan fingerprint density at radius 3 is 2.36 bits per heavy atom. The van der Waals surface area contributed by atoms with Gasteiger partial charge in [-0.3, -0.25) is 4.57 Å². The van der Waals surface area contributed by atoms with E-state index in [4.69, 9.17) is 9.97 Å². The van der Waals surface area contributed by atoms with Crippen molar-refractivity contribution in [2.75, 3.05) is 0 Å². The van der Waals surface area contributed by atoms with Crippen LogP contribution in [0.15, 0.2) is 103 Å². The highest BCUT2D eigenvalue weighted by Crippen LogP contribution is 2.35. The molecule has 0 saturated heterocycles. The van der Waals surface area contributed by atoms with Crippen LogP contribution in [0, 0.1) is 0 Å². The van der Waals surface area contributed by atoms with Crippen molar-refractivity contribution < 1.29 is 5.11 Å². The van der Waals surface area contributed by atoms with E-state index in [0.29, 0.717) is 0 Å². The average Bonchev–Trinajstić information content (AvgIpc) is 3.23. The van der Waals surface area contributed by atoms with Crippen LogP contribution in [0.1, 0.15) is 26.3 Å². The van der Waals surface area contributed by atoms with Crippen LogP contribution in [-0.4, -0.2) is 19.6 Å². The number of hydrogen-bond acceptors (Lipinski definition) is 3. The second-order valence-electron chi connectivity index (χ2n) is 10.2. The lowest BCUT2D eigenvalue weighted by molar-refractivity contribution is 0.476. The lowest BCUT2D eigenvalue weighted by atomic mass is 9.85. The van der Waals surface area contributed by atoms with Gasteiger partial charge in [-0.05, 0) is 65.6 Å². The second kappa shape index (κ2) is 8.35. The molecular formula is C32H27N3O. The fraction of sp³-hybridized carbons (Fsp3) is 0.125. The van der Waals surface area contributed by atoms with Gasteiger partial charge in [0.1, 0.15) is 11.4 Å². The van der Waals surface area contributed by atoms with Gasteiger partial charge in [0.2, 0.25) is 0 Å². The number of nitrogens with zero attached hydrogens (tertiary/aromatic N) is 3. The van der Waals surface area contributed by atoms with Crippen LogP contribution in [0.25, 0.3) is 50.1 Å². The molecule has 4 heteroatoms. The van der Waals surface area contributed by atoms with Crippen molar-refractivity contribution in [1.82, 2.24) is 14.5 Å². The molecule has 3 heterocycles. The third-order valence-electron chi connectivity index (χ3n) is 6.72. The molecule has 0 fully saturated rings. The number of pyridine rings is 2. The molecule has 3 aromatic heterocycles. The molecule has 176 valence electrons. The van der Waals surface area contributed by atoms with Gasteiger partial charge in [0.05, 0.1) is 16.9 Å². The summed E-state index contributed by atoms with van der Waals surface area (Å²) in [6.07, 6.45) is 1.84. The Hall–Kier alpha value is -4.44. The molecule has 0 aliphatic rings. The van der Waals surface area contributed by atoms with E-state index in [9.17, 15) is 5.11 Å². The van der Waals surface area contributed by atoms with Crippen LogP contribution >= 0.6 is 0 Å². The van der Waals surface area contributed by atoms with Crippen molar-refractivity contribution >= 4 is 21.9 Å². The van der Waals surface area contributed by atoms with E-state index in [0.717, 1.165) is 50.3 Å². The van der Waals surface area contributed by atoms with Crippen molar-refractivity contribution in [2.24, 2.45) is 0 Å². The molecule has 0 radical (unpaired) electrons. The summed E-state index contributed by atoms with van der Waals surface area (Å²) < 4.78 is 2.21. The average molecular weight is 470 g/mol. The minimum absolute atomic E-state index is 0.0231. The Morgan fingerprint density at radius 2 is 1.50 bits per heavy atom. The zero-order valence-electron chi connectivity index (χ0n) is 20.6. The smallest absolute Gasteiger partial charge is 0.145 e. The molecule has 0 unspecified atom stereocenters. The lowest BCUT2D eigenvalue weighted by Gasteiger charge is -2.20. The zero-order chi connectivity index (χ0) is 24.9. The molecule has 6 rings (SSSR count). The SMILES string of the molecule is CC(C)(C)c1ccc(O)c(-c2cccc(-c3cccc(-n4c5ccccc5c5cccnc54)c3)n2)c1. The summed E-state index contributed by atoms with van der Waals surface area (Å²) in [5, 5.41) is 12.9. The van der Waals surface area contributed by atoms with Gasteiger partial charge in [-0.15, -0.1) is 0 Å². The lowest BCUT2D eigenvalue weighted by Crippen LogP contribution is -2.10. The highest BCUT2D eigenvalue weighted by molar-refractivity contribution is 6.07. The van der Waals surface area contributed by atoms with Crippen LogP contribution in [0.3, 0.4) is 0 Å². The molecule has 36 heavy (non-hydrogen) atoms. The Kier molecular flexibility index (Phi) is 5.11. The van der Waals surface area contributed by atoms with E-state index >= 15 is 0 Å². The number of hydrogen-bond donors (Lipinski definition) is 1. The maximum Gasteiger partial charge on any atom is 0.145 e. The van der Waals surface area contributed by atoms with Crippen molar-refractivity contribution in [1.29, 1.82) is 0 Å². The molecule has 0 bridgehead atoms. The van der Waals surface area contributed by atoms with Gasteiger partial charge in [0.25, 0.3) is 0 Å². The minimum Gasteiger partial charge on any atom is -0.507 e. The summed E-state index contributed by atoms with van der Waals surface area (Å²) in [6, 6.07) is 32.6. The summed E-state index contributed by atoms with van der Waals surface area (Å²) in [6.45, 7) is 6.51. The molecule has 0 spiro atoms. The molecule has 1 N–H and O–H groups in total. The maximum absolute atomic E-state index is 10.6. The summed E-state index contributed by atoms with van der Waals surface area (Å²) in [7, 11) is 0. The van der Waals surface area contributed by atoms with Crippen molar-refractivity contribution in [3.63, 3.8) is 0 Å². The van der Waals surface area contributed by atoms with E-state index in [-0.39, 0.29) is 11.2 Å².